The summed E-state index contributed by atoms with van der Waals surface area (Å²) in [4.78, 5) is 11.2. The van der Waals surface area contributed by atoms with Gasteiger partial charge in [0.25, 0.3) is 0 Å². The van der Waals surface area contributed by atoms with Crippen LogP contribution in [0.15, 0.2) is 34.8 Å². The van der Waals surface area contributed by atoms with E-state index in [1.165, 1.54) is 22.5 Å². The van der Waals surface area contributed by atoms with E-state index < -0.39 is 10.0 Å². The zero-order valence-electron chi connectivity index (χ0n) is 17.2. The lowest BCUT2D eigenvalue weighted by molar-refractivity contribution is 0.151. The monoisotopic (exact) mass is 499 g/mol. The Kier molecular flexibility index (Phi) is 6.71. The molecule has 0 amide bonds. The third-order valence-corrected chi connectivity index (χ3v) is 9.25. The summed E-state index contributed by atoms with van der Waals surface area (Å²) in [5, 5.41) is 6.10. The Morgan fingerprint density at radius 2 is 1.90 bits per heavy atom. The first-order valence-electron chi connectivity index (χ1n) is 9.89. The van der Waals surface area contributed by atoms with E-state index in [9.17, 15) is 8.42 Å². The van der Waals surface area contributed by atoms with Crippen LogP contribution in [0.4, 0.5) is 5.82 Å². The number of anilines is 1. The van der Waals surface area contributed by atoms with Gasteiger partial charge in [0.15, 0.2) is 0 Å². The Labute approximate surface area is 196 Å². The van der Waals surface area contributed by atoms with Crippen LogP contribution in [0.5, 0.6) is 0 Å². The number of nitrogens with zero attached hydrogens (tertiary/aromatic N) is 4. The van der Waals surface area contributed by atoms with Crippen molar-refractivity contribution in [2.24, 2.45) is 0 Å². The second kappa shape index (κ2) is 9.17. The highest BCUT2D eigenvalue weighted by molar-refractivity contribution is 7.89. The number of hydrogen-bond donors (Lipinski definition) is 1. The van der Waals surface area contributed by atoms with E-state index in [1.807, 2.05) is 6.92 Å². The van der Waals surface area contributed by atoms with Crippen LogP contribution in [0.25, 0.3) is 10.2 Å². The Morgan fingerprint density at radius 3 is 2.61 bits per heavy atom. The summed E-state index contributed by atoms with van der Waals surface area (Å²) in [6, 6.07) is 4.64. The van der Waals surface area contributed by atoms with Gasteiger partial charge in [-0.1, -0.05) is 23.2 Å². The van der Waals surface area contributed by atoms with Crippen molar-refractivity contribution in [3.63, 3.8) is 0 Å². The van der Waals surface area contributed by atoms with Gasteiger partial charge in [0.05, 0.1) is 25.2 Å². The highest BCUT2D eigenvalue weighted by atomic mass is 35.5. The van der Waals surface area contributed by atoms with Gasteiger partial charge in [-0.25, -0.2) is 18.4 Å². The molecular weight excluding hydrogens is 477 g/mol. The normalized spacial score (nSPS) is 17.2. The first-order valence-corrected chi connectivity index (χ1v) is 13.0. The van der Waals surface area contributed by atoms with E-state index in [4.69, 9.17) is 23.2 Å². The van der Waals surface area contributed by atoms with Crippen molar-refractivity contribution < 1.29 is 8.42 Å². The Bertz CT molecular complexity index is 1190. The molecule has 0 radical (unpaired) electrons. The van der Waals surface area contributed by atoms with Gasteiger partial charge >= 0.3 is 0 Å². The van der Waals surface area contributed by atoms with Gasteiger partial charge in [-0.05, 0) is 43.0 Å². The molecule has 31 heavy (non-hydrogen) atoms. The fraction of sp³-hybridized carbons (Fsp3) is 0.400. The molecule has 1 fully saturated rings. The number of thiophene rings is 1. The number of halogens is 2. The first kappa shape index (κ1) is 22.7. The second-order valence-corrected chi connectivity index (χ2v) is 11.2. The van der Waals surface area contributed by atoms with E-state index in [0.29, 0.717) is 37.7 Å². The molecule has 0 spiro atoms. The number of nitrogens with one attached hydrogen (secondary N) is 1. The number of benzene rings is 1. The topological polar surface area (TPSA) is 78.4 Å². The van der Waals surface area contributed by atoms with Gasteiger partial charge < -0.3 is 5.32 Å². The van der Waals surface area contributed by atoms with Gasteiger partial charge in [0.1, 0.15) is 12.1 Å². The third kappa shape index (κ3) is 4.67. The van der Waals surface area contributed by atoms with E-state index >= 15 is 0 Å². The predicted octanol–water partition coefficient (Wildman–Crippen LogP) is 4.11. The molecule has 1 aliphatic heterocycles. The van der Waals surface area contributed by atoms with Gasteiger partial charge in [-0.2, -0.15) is 4.31 Å². The van der Waals surface area contributed by atoms with Crippen molar-refractivity contribution in [1.29, 1.82) is 0 Å². The largest absolute Gasteiger partial charge is 0.367 e. The highest BCUT2D eigenvalue weighted by Crippen LogP contribution is 2.29. The Balaban J connectivity index is 1.36. The van der Waals surface area contributed by atoms with Crippen molar-refractivity contribution in [2.75, 3.05) is 38.0 Å². The molecule has 1 N–H and O–H groups in total. The van der Waals surface area contributed by atoms with Crippen molar-refractivity contribution in [1.82, 2.24) is 19.2 Å². The van der Waals surface area contributed by atoms with Crippen LogP contribution in [0, 0.1) is 6.92 Å². The van der Waals surface area contributed by atoms with Crippen molar-refractivity contribution in [3.8, 4) is 0 Å². The summed E-state index contributed by atoms with van der Waals surface area (Å²) < 4.78 is 28.5. The number of sulfonamides is 1. The minimum atomic E-state index is -3.60. The van der Waals surface area contributed by atoms with E-state index in [-0.39, 0.29) is 16.0 Å². The number of fused-ring (bicyclic) bond motifs is 1. The molecule has 3 heterocycles. The first-order chi connectivity index (χ1) is 14.8. The summed E-state index contributed by atoms with van der Waals surface area (Å²) in [5.41, 5.74) is 2.13. The molecule has 1 saturated heterocycles. The minimum Gasteiger partial charge on any atom is -0.367 e. The Hall–Kier alpha value is -1.49. The quantitative estimate of drug-likeness (QED) is 0.549. The van der Waals surface area contributed by atoms with E-state index in [1.54, 1.807) is 17.7 Å². The molecule has 2 aromatic heterocycles. The van der Waals surface area contributed by atoms with Gasteiger partial charge in [-0.3, -0.25) is 4.90 Å². The fourth-order valence-corrected chi connectivity index (χ4v) is 6.42. The number of aromatic nitrogens is 2. The molecule has 166 valence electrons. The molecule has 0 saturated carbocycles. The molecule has 0 aliphatic carbocycles. The molecule has 4 rings (SSSR count). The average molecular weight is 500 g/mol. The summed E-state index contributed by atoms with van der Waals surface area (Å²) in [6.45, 7) is 7.05. The molecule has 1 unspecified atom stereocenters. The van der Waals surface area contributed by atoms with Crippen LogP contribution in [-0.2, 0) is 10.0 Å². The lowest BCUT2D eigenvalue weighted by Gasteiger charge is -2.37. The van der Waals surface area contributed by atoms with Gasteiger partial charge in [0, 0.05) is 38.8 Å². The predicted molar refractivity (Wildman–Crippen MR) is 127 cm³/mol. The lowest BCUT2D eigenvalue weighted by atomic mass is 10.2. The third-order valence-electron chi connectivity index (χ3n) is 5.52. The zero-order valence-corrected chi connectivity index (χ0v) is 20.3. The number of hydrogen-bond acceptors (Lipinski definition) is 7. The number of rotatable bonds is 6. The molecule has 3 aromatic rings. The molecule has 1 atom stereocenters. The van der Waals surface area contributed by atoms with Crippen LogP contribution in [-0.4, -0.2) is 66.4 Å². The van der Waals surface area contributed by atoms with Crippen LogP contribution in [0.2, 0.25) is 10.0 Å². The van der Waals surface area contributed by atoms with Crippen molar-refractivity contribution >= 4 is 60.6 Å². The van der Waals surface area contributed by atoms with Crippen molar-refractivity contribution in [3.05, 3.63) is 45.5 Å². The fourth-order valence-electron chi connectivity index (χ4n) is 3.64. The maximum absolute atomic E-state index is 12.9. The summed E-state index contributed by atoms with van der Waals surface area (Å²) in [6.07, 6.45) is 1.59. The van der Waals surface area contributed by atoms with Crippen LogP contribution in [0.1, 0.15) is 12.5 Å². The molecule has 11 heteroatoms. The molecular formula is C20H23Cl2N5O2S2. The van der Waals surface area contributed by atoms with Gasteiger partial charge in [-0.15, -0.1) is 11.3 Å². The Morgan fingerprint density at radius 1 is 1.16 bits per heavy atom. The maximum atomic E-state index is 12.9. The second-order valence-electron chi connectivity index (χ2n) is 7.56. The average Bonchev–Trinajstić information content (AvgIpc) is 3.15. The van der Waals surface area contributed by atoms with E-state index in [0.717, 1.165) is 21.6 Å². The van der Waals surface area contributed by atoms with Crippen LogP contribution in [0.3, 0.4) is 0 Å². The lowest BCUT2D eigenvalue weighted by Crippen LogP contribution is -2.52. The zero-order chi connectivity index (χ0) is 22.2. The maximum Gasteiger partial charge on any atom is 0.243 e. The molecule has 1 aliphatic rings. The highest BCUT2D eigenvalue weighted by Gasteiger charge is 2.30. The van der Waals surface area contributed by atoms with Crippen LogP contribution >= 0.6 is 34.5 Å². The molecule has 1 aromatic carbocycles. The van der Waals surface area contributed by atoms with Gasteiger partial charge in [0.2, 0.25) is 10.0 Å². The molecule has 0 bridgehead atoms. The van der Waals surface area contributed by atoms with E-state index in [2.05, 4.69) is 32.5 Å². The smallest absolute Gasteiger partial charge is 0.243 e. The summed E-state index contributed by atoms with van der Waals surface area (Å²) >= 11 is 13.6. The SMILES string of the molecule is Cc1csc2c(NCC(C)N3CCN(S(=O)(=O)c4ccc(Cl)c(Cl)c4)CC3)ncnc12. The number of piperazine rings is 1. The standard InChI is InChI=1S/C20H23Cl2N5O2S2/c1-13-11-30-19-18(13)24-12-25-20(19)23-10-14(2)26-5-7-27(8-6-26)31(28,29)15-3-4-16(21)17(22)9-15/h3-4,9,11-12,14H,5-8,10H2,1-2H3,(H,23,24,25). The van der Waals surface area contributed by atoms with Crippen molar-refractivity contribution in [2.45, 2.75) is 24.8 Å². The summed E-state index contributed by atoms with van der Waals surface area (Å²) in [5.74, 6) is 0.843. The minimum absolute atomic E-state index is 0.170. The number of aryl methyl sites for hydroxylation is 1. The molecule has 7 nitrogen and oxygen atoms in total. The summed E-state index contributed by atoms with van der Waals surface area (Å²) in [7, 11) is -3.60. The van der Waals surface area contributed by atoms with Crippen LogP contribution < -0.4 is 5.32 Å².